The summed E-state index contributed by atoms with van der Waals surface area (Å²) in [4.78, 5) is 26.7. The first-order valence-electron chi connectivity index (χ1n) is 12.5. The molecule has 2 saturated heterocycles. The third-order valence-corrected chi connectivity index (χ3v) is 7.21. The molecule has 8 heteroatoms. The van der Waals surface area contributed by atoms with Crippen LogP contribution < -0.4 is 5.32 Å². The Morgan fingerprint density at radius 3 is 2.51 bits per heavy atom. The van der Waals surface area contributed by atoms with Crippen LogP contribution in [0.15, 0.2) is 40.9 Å². The number of hydrogen-bond acceptors (Lipinski definition) is 5. The van der Waals surface area contributed by atoms with Gasteiger partial charge >= 0.3 is 6.03 Å². The van der Waals surface area contributed by atoms with Gasteiger partial charge < -0.3 is 14.2 Å². The number of furan rings is 1. The number of aryl methyl sites for hydroxylation is 2. The number of rotatable bonds is 4. The van der Waals surface area contributed by atoms with Crippen LogP contribution in [0, 0.1) is 13.8 Å². The van der Waals surface area contributed by atoms with Gasteiger partial charge in [-0.1, -0.05) is 24.1 Å². The van der Waals surface area contributed by atoms with Gasteiger partial charge in [-0.2, -0.15) is 0 Å². The molecule has 2 fully saturated rings. The molecule has 1 N–H and O–H groups in total. The number of nitrogens with zero attached hydrogens (tertiary/aromatic N) is 4. The molecule has 0 bridgehead atoms. The highest BCUT2D eigenvalue weighted by atomic mass is 35.5. The molecule has 35 heavy (non-hydrogen) atoms. The van der Waals surface area contributed by atoms with E-state index in [9.17, 15) is 4.79 Å². The Labute approximate surface area is 211 Å². The number of carbonyl (C=O) groups excluding carboxylic acids is 1. The molecule has 0 aliphatic carbocycles. The first-order chi connectivity index (χ1) is 17.0. The van der Waals surface area contributed by atoms with Gasteiger partial charge in [0.15, 0.2) is 5.76 Å². The van der Waals surface area contributed by atoms with E-state index in [1.807, 2.05) is 49.1 Å². The van der Waals surface area contributed by atoms with Crippen molar-refractivity contribution in [2.45, 2.75) is 52.0 Å². The fourth-order valence-electron chi connectivity index (χ4n) is 5.19. The van der Waals surface area contributed by atoms with E-state index < -0.39 is 0 Å². The SMILES string of the molecule is Cc1cc(Cl)cc(-c2cnc(NC(=O)N3CCC(N4CCCCC4)CC3)nc2-c2ccc(C)o2)c1. The number of carbonyl (C=O) groups is 1. The maximum atomic E-state index is 13.0. The minimum atomic E-state index is -0.157. The Kier molecular flexibility index (Phi) is 7.07. The van der Waals surface area contributed by atoms with Crippen molar-refractivity contribution in [3.05, 3.63) is 52.9 Å². The predicted octanol–water partition coefficient (Wildman–Crippen LogP) is 6.16. The van der Waals surface area contributed by atoms with Crippen molar-refractivity contribution >= 4 is 23.6 Å². The number of hydrogen-bond donors (Lipinski definition) is 1. The Bertz CT molecular complexity index is 1180. The van der Waals surface area contributed by atoms with E-state index in [4.69, 9.17) is 21.0 Å². The molecule has 184 valence electrons. The van der Waals surface area contributed by atoms with Crippen molar-refractivity contribution in [1.82, 2.24) is 19.8 Å². The number of amides is 2. The van der Waals surface area contributed by atoms with Gasteiger partial charge in [0, 0.05) is 35.9 Å². The number of likely N-dealkylation sites (tertiary alicyclic amines) is 2. The molecule has 0 unspecified atom stereocenters. The van der Waals surface area contributed by atoms with Gasteiger partial charge in [-0.15, -0.1) is 0 Å². The maximum absolute atomic E-state index is 13.0. The van der Waals surface area contributed by atoms with Gasteiger partial charge in [-0.05, 0) is 88.0 Å². The van der Waals surface area contributed by atoms with Crippen LogP contribution in [0.1, 0.15) is 43.4 Å². The second-order valence-electron chi connectivity index (χ2n) is 9.63. The highest BCUT2D eigenvalue weighted by Gasteiger charge is 2.28. The molecule has 0 radical (unpaired) electrons. The van der Waals surface area contributed by atoms with E-state index in [1.165, 1.54) is 32.4 Å². The fourth-order valence-corrected chi connectivity index (χ4v) is 5.48. The molecule has 0 atom stereocenters. The molecular formula is C27H32ClN5O2. The number of urea groups is 1. The third kappa shape index (κ3) is 5.52. The van der Waals surface area contributed by atoms with Crippen LogP contribution >= 0.6 is 11.6 Å². The van der Waals surface area contributed by atoms with E-state index in [0.29, 0.717) is 22.5 Å². The summed E-state index contributed by atoms with van der Waals surface area (Å²) in [6.07, 6.45) is 7.67. The van der Waals surface area contributed by atoms with Crippen LogP contribution in [-0.4, -0.2) is 58.0 Å². The standard InChI is InChI=1S/C27H32ClN5O2/c1-18-14-20(16-21(28)15-18)23-17-29-26(30-25(23)24-7-6-19(2)35-24)31-27(34)33-12-8-22(9-13-33)32-10-4-3-5-11-32/h6-7,14-17,22H,3-5,8-13H2,1-2H3,(H,29,30,31,34). The Hall–Kier alpha value is -2.90. The lowest BCUT2D eigenvalue weighted by molar-refractivity contribution is 0.104. The van der Waals surface area contributed by atoms with Crippen LogP contribution in [0.5, 0.6) is 0 Å². The van der Waals surface area contributed by atoms with Gasteiger partial charge in [0.1, 0.15) is 11.5 Å². The average Bonchev–Trinajstić information content (AvgIpc) is 3.30. The first-order valence-corrected chi connectivity index (χ1v) is 12.9. The zero-order valence-electron chi connectivity index (χ0n) is 20.4. The minimum Gasteiger partial charge on any atom is -0.460 e. The lowest BCUT2D eigenvalue weighted by Gasteiger charge is -2.40. The summed E-state index contributed by atoms with van der Waals surface area (Å²) in [5.74, 6) is 1.67. The van der Waals surface area contributed by atoms with Crippen LogP contribution in [-0.2, 0) is 0 Å². The molecule has 2 aliphatic heterocycles. The van der Waals surface area contributed by atoms with Crippen molar-refractivity contribution in [2.75, 3.05) is 31.5 Å². The molecule has 2 aliphatic rings. The van der Waals surface area contributed by atoms with Gasteiger partial charge in [-0.25, -0.2) is 14.8 Å². The van der Waals surface area contributed by atoms with Crippen LogP contribution in [0.3, 0.4) is 0 Å². The van der Waals surface area contributed by atoms with Crippen molar-refractivity contribution in [3.8, 4) is 22.6 Å². The molecule has 2 amide bonds. The lowest BCUT2D eigenvalue weighted by atomic mass is 10.0. The Balaban J connectivity index is 1.33. The van der Waals surface area contributed by atoms with Crippen molar-refractivity contribution in [1.29, 1.82) is 0 Å². The summed E-state index contributed by atoms with van der Waals surface area (Å²) in [5, 5.41) is 3.55. The smallest absolute Gasteiger partial charge is 0.324 e. The molecule has 0 saturated carbocycles. The van der Waals surface area contributed by atoms with Crippen molar-refractivity contribution in [3.63, 3.8) is 0 Å². The lowest BCUT2D eigenvalue weighted by Crippen LogP contribution is -2.49. The van der Waals surface area contributed by atoms with E-state index in [-0.39, 0.29) is 12.0 Å². The highest BCUT2D eigenvalue weighted by Crippen LogP contribution is 2.34. The topological polar surface area (TPSA) is 74.5 Å². The summed E-state index contributed by atoms with van der Waals surface area (Å²) in [5.41, 5.74) is 3.36. The molecule has 3 aromatic rings. The summed E-state index contributed by atoms with van der Waals surface area (Å²) in [7, 11) is 0. The maximum Gasteiger partial charge on any atom is 0.324 e. The van der Waals surface area contributed by atoms with Crippen LogP contribution in [0.4, 0.5) is 10.7 Å². The van der Waals surface area contributed by atoms with Crippen LogP contribution in [0.2, 0.25) is 5.02 Å². The molecule has 4 heterocycles. The minimum absolute atomic E-state index is 0.157. The van der Waals surface area contributed by atoms with Gasteiger partial charge in [0.05, 0.1) is 0 Å². The normalized spacial score (nSPS) is 17.5. The average molecular weight is 494 g/mol. The van der Waals surface area contributed by atoms with Gasteiger partial charge in [-0.3, -0.25) is 5.32 Å². The molecule has 2 aromatic heterocycles. The number of halogens is 1. The quantitative estimate of drug-likeness (QED) is 0.471. The molecule has 0 spiro atoms. The van der Waals surface area contributed by atoms with Crippen LogP contribution in [0.25, 0.3) is 22.6 Å². The largest absolute Gasteiger partial charge is 0.460 e. The fraction of sp³-hybridized carbons (Fsp3) is 0.444. The number of nitrogens with one attached hydrogen (secondary N) is 1. The van der Waals surface area contributed by atoms with E-state index in [0.717, 1.165) is 48.4 Å². The predicted molar refractivity (Wildman–Crippen MR) is 139 cm³/mol. The van der Waals surface area contributed by atoms with Gasteiger partial charge in [0.2, 0.25) is 5.95 Å². The van der Waals surface area contributed by atoms with Gasteiger partial charge in [0.25, 0.3) is 0 Å². The highest BCUT2D eigenvalue weighted by molar-refractivity contribution is 6.31. The molecular weight excluding hydrogens is 462 g/mol. The van der Waals surface area contributed by atoms with E-state index in [2.05, 4.69) is 15.2 Å². The summed E-state index contributed by atoms with van der Waals surface area (Å²) in [6, 6.07) is 10.0. The number of benzene rings is 1. The van der Waals surface area contributed by atoms with Crippen molar-refractivity contribution in [2.24, 2.45) is 0 Å². The first kappa shape index (κ1) is 23.8. The third-order valence-electron chi connectivity index (χ3n) is 6.99. The second kappa shape index (κ2) is 10.4. The number of piperidine rings is 2. The second-order valence-corrected chi connectivity index (χ2v) is 10.1. The Morgan fingerprint density at radius 1 is 1.06 bits per heavy atom. The zero-order valence-corrected chi connectivity index (χ0v) is 21.1. The Morgan fingerprint density at radius 2 is 1.83 bits per heavy atom. The van der Waals surface area contributed by atoms with Crippen molar-refractivity contribution < 1.29 is 9.21 Å². The molecule has 5 rings (SSSR count). The van der Waals surface area contributed by atoms with E-state index in [1.54, 1.807) is 6.20 Å². The number of anilines is 1. The summed E-state index contributed by atoms with van der Waals surface area (Å²) in [6.45, 7) is 7.77. The summed E-state index contributed by atoms with van der Waals surface area (Å²) < 4.78 is 5.89. The number of aromatic nitrogens is 2. The molecule has 7 nitrogen and oxygen atoms in total. The zero-order chi connectivity index (χ0) is 24.4. The monoisotopic (exact) mass is 493 g/mol. The molecule has 1 aromatic carbocycles. The van der Waals surface area contributed by atoms with E-state index >= 15 is 0 Å². The summed E-state index contributed by atoms with van der Waals surface area (Å²) >= 11 is 6.32.